The topological polar surface area (TPSA) is 33.1 Å². The molecule has 0 saturated carbocycles. The fourth-order valence-electron chi connectivity index (χ4n) is 0.554. The predicted molar refractivity (Wildman–Crippen MR) is 40.9 cm³/mol. The Morgan fingerprint density at radius 3 is 1.90 bits per heavy atom. The third-order valence-electron chi connectivity index (χ3n) is 1.06. The molecule has 0 amide bonds. The molecule has 0 aromatic rings. The van der Waals surface area contributed by atoms with Crippen LogP contribution in [0, 0.1) is 0 Å². The van der Waals surface area contributed by atoms with Crippen molar-refractivity contribution in [2.75, 3.05) is 0 Å². The molecule has 1 aliphatic heterocycles. The van der Waals surface area contributed by atoms with E-state index < -0.39 is 5.02 Å². The fraction of sp³-hybridized carbons (Fsp3) is 0.167. The number of rotatable bonds is 0. The zero-order valence-corrected chi connectivity index (χ0v) is 6.47. The Bertz CT molecular complexity index is 186. The minimum absolute atomic E-state index is 1.18. The smallest absolute Gasteiger partial charge is 0.204 e. The number of fused-ring (bicyclic) bond motifs is 1. The summed E-state index contributed by atoms with van der Waals surface area (Å²) < 4.78 is 0. The maximum Gasteiger partial charge on any atom is 0.204 e. The molecule has 0 unspecified atom stereocenters. The molecule has 0 fully saturated rings. The molecular weight excluding hydrogens is 173 g/mol. The number of alkyl halides is 2. The Balaban J connectivity index is 0.000000112. The van der Waals surface area contributed by atoms with E-state index in [0.29, 0.717) is 0 Å². The minimum Gasteiger partial charge on any atom is -0.365 e. The first-order valence-electron chi connectivity index (χ1n) is 2.63. The lowest BCUT2D eigenvalue weighted by Gasteiger charge is -2.08. The average molecular weight is 178 g/mol. The van der Waals surface area contributed by atoms with Gasteiger partial charge in [-0.3, -0.25) is 4.98 Å². The van der Waals surface area contributed by atoms with Crippen molar-refractivity contribution in [1.82, 2.24) is 4.98 Å². The van der Waals surface area contributed by atoms with Crippen molar-refractivity contribution in [1.29, 1.82) is 0 Å². The van der Waals surface area contributed by atoms with Crippen molar-refractivity contribution in [2.24, 2.45) is 0 Å². The van der Waals surface area contributed by atoms with E-state index in [1.54, 1.807) is 0 Å². The fourth-order valence-corrected chi connectivity index (χ4v) is 0.554. The number of aliphatic hydroxyl groups is 1. The molecule has 0 saturated heterocycles. The Hall–Kier alpha value is -0.310. The number of aromatic nitrogens is 1. The summed E-state index contributed by atoms with van der Waals surface area (Å²) in [5.41, 5.74) is 2.49. The molecule has 1 aliphatic carbocycles. The Kier molecular flexibility index (Phi) is 2.49. The largest absolute Gasteiger partial charge is 0.365 e. The van der Waals surface area contributed by atoms with Gasteiger partial charge in [0, 0.05) is 11.8 Å². The van der Waals surface area contributed by atoms with Crippen LogP contribution in [0.4, 0.5) is 0 Å². The van der Waals surface area contributed by atoms with Gasteiger partial charge in [-0.1, -0.05) is 23.2 Å². The van der Waals surface area contributed by atoms with E-state index in [1.165, 1.54) is 11.3 Å². The van der Waals surface area contributed by atoms with E-state index in [2.05, 4.69) is 34.3 Å². The van der Waals surface area contributed by atoms with Crippen LogP contribution >= 0.6 is 23.2 Å². The summed E-state index contributed by atoms with van der Waals surface area (Å²) in [5.74, 6) is 0. The van der Waals surface area contributed by atoms with E-state index in [1.807, 2.05) is 12.3 Å². The van der Waals surface area contributed by atoms with Gasteiger partial charge in [-0.25, -0.2) is 0 Å². The summed E-state index contributed by atoms with van der Waals surface area (Å²) in [5, 5.41) is 6.36. The zero-order valence-electron chi connectivity index (χ0n) is 4.96. The van der Waals surface area contributed by atoms with Gasteiger partial charge < -0.3 is 5.11 Å². The molecule has 0 atom stereocenters. The van der Waals surface area contributed by atoms with E-state index in [9.17, 15) is 0 Å². The first-order chi connectivity index (χ1) is 4.70. The highest BCUT2D eigenvalue weighted by Gasteiger charge is 2.06. The van der Waals surface area contributed by atoms with Crippen LogP contribution in [0.3, 0.4) is 0 Å². The number of nitrogens with zero attached hydrogens (tertiary/aromatic N) is 1. The molecule has 2 rings (SSSR count). The molecule has 0 bridgehead atoms. The summed E-state index contributed by atoms with van der Waals surface area (Å²) in [6.07, 6.45) is 1.87. The van der Waals surface area contributed by atoms with Crippen LogP contribution in [0.25, 0.3) is 11.3 Å². The maximum atomic E-state index is 7.59. The van der Waals surface area contributed by atoms with Gasteiger partial charge in [-0.15, -0.1) is 0 Å². The molecule has 1 N–H and O–H groups in total. The Morgan fingerprint density at radius 1 is 1.40 bits per heavy atom. The lowest BCUT2D eigenvalue weighted by atomic mass is 10.1. The lowest BCUT2D eigenvalue weighted by molar-refractivity contribution is 0.333. The highest BCUT2D eigenvalue weighted by atomic mass is 35.5. The van der Waals surface area contributed by atoms with Crippen LogP contribution in [0.2, 0.25) is 0 Å². The molecule has 0 aromatic heterocycles. The first kappa shape index (κ1) is 7.79. The third-order valence-corrected chi connectivity index (χ3v) is 1.06. The van der Waals surface area contributed by atoms with Crippen LogP contribution in [0.5, 0.6) is 0 Å². The van der Waals surface area contributed by atoms with Gasteiger partial charge in [0.15, 0.2) is 0 Å². The predicted octanol–water partition coefficient (Wildman–Crippen LogP) is 1.80. The van der Waals surface area contributed by atoms with Crippen molar-refractivity contribution >= 4 is 23.2 Å². The third kappa shape index (κ3) is 1.84. The van der Waals surface area contributed by atoms with Gasteiger partial charge in [-0.05, 0) is 12.1 Å². The molecule has 2 nitrogen and oxygen atoms in total. The van der Waals surface area contributed by atoms with E-state index in [4.69, 9.17) is 5.11 Å². The molecule has 4 heteroatoms. The molecule has 2 aliphatic rings. The van der Waals surface area contributed by atoms with Crippen LogP contribution in [-0.2, 0) is 0 Å². The molecule has 0 spiro atoms. The van der Waals surface area contributed by atoms with Crippen LogP contribution < -0.4 is 0 Å². The average Bonchev–Trinajstić information content (AvgIpc) is 1.77. The second-order valence-electron chi connectivity index (χ2n) is 1.71. The number of pyridine rings is 1. The van der Waals surface area contributed by atoms with Gasteiger partial charge in [0.2, 0.25) is 5.02 Å². The Morgan fingerprint density at radius 2 is 1.90 bits per heavy atom. The summed E-state index contributed by atoms with van der Waals surface area (Å²) in [4.78, 5) is 3.91. The number of aliphatic hydroxyl groups excluding tert-OH is 1. The van der Waals surface area contributed by atoms with Crippen LogP contribution in [0.1, 0.15) is 0 Å². The normalized spacial score (nSPS) is 10.4. The minimum atomic E-state index is -1.22. The number of halogens is 2. The number of hydrogen-bond acceptors (Lipinski definition) is 2. The van der Waals surface area contributed by atoms with Gasteiger partial charge in [0.1, 0.15) is 0 Å². The SMILES string of the molecule is OC(Cl)Cl.c1cc2ncc1-2. The van der Waals surface area contributed by atoms with Gasteiger partial charge in [-0.2, -0.15) is 0 Å². The van der Waals surface area contributed by atoms with Crippen molar-refractivity contribution < 1.29 is 5.11 Å². The van der Waals surface area contributed by atoms with Crippen LogP contribution in [0.15, 0.2) is 18.3 Å². The summed E-state index contributed by atoms with van der Waals surface area (Å²) in [7, 11) is 0. The highest BCUT2D eigenvalue weighted by Crippen LogP contribution is 2.25. The monoisotopic (exact) mass is 177 g/mol. The second kappa shape index (κ2) is 3.19. The quantitative estimate of drug-likeness (QED) is 0.624. The molecule has 0 radical (unpaired) electrons. The van der Waals surface area contributed by atoms with E-state index in [-0.39, 0.29) is 0 Å². The standard InChI is InChI=1S/C5H3N.CH2Cl2O/c1-2-5-4(1)3-6-5;2-1(3)4/h1-3H;1,4H. The maximum absolute atomic E-state index is 7.59. The molecule has 10 heavy (non-hydrogen) atoms. The van der Waals surface area contributed by atoms with Gasteiger partial charge in [0.05, 0.1) is 5.69 Å². The second-order valence-corrected chi connectivity index (χ2v) is 2.76. The highest BCUT2D eigenvalue weighted by molar-refractivity contribution is 6.42. The van der Waals surface area contributed by atoms with Crippen molar-refractivity contribution in [3.63, 3.8) is 0 Å². The van der Waals surface area contributed by atoms with Gasteiger partial charge >= 0.3 is 0 Å². The Labute approximate surface area is 68.4 Å². The van der Waals surface area contributed by atoms with Crippen molar-refractivity contribution in [3.05, 3.63) is 18.3 Å². The zero-order chi connectivity index (χ0) is 7.56. The molecular formula is C6H5Cl2NO. The number of hydrogen-bond donors (Lipinski definition) is 1. The molecule has 0 aromatic carbocycles. The van der Waals surface area contributed by atoms with E-state index >= 15 is 0 Å². The van der Waals surface area contributed by atoms with Crippen LogP contribution in [-0.4, -0.2) is 15.1 Å². The van der Waals surface area contributed by atoms with E-state index in [0.717, 1.165) is 0 Å². The first-order valence-corrected chi connectivity index (χ1v) is 3.50. The molecule has 1 heterocycles. The lowest BCUT2D eigenvalue weighted by Crippen LogP contribution is -1.92. The van der Waals surface area contributed by atoms with Gasteiger partial charge in [0.25, 0.3) is 0 Å². The molecule has 54 valence electrons. The van der Waals surface area contributed by atoms with Crippen molar-refractivity contribution in [3.8, 4) is 11.3 Å². The van der Waals surface area contributed by atoms with Crippen molar-refractivity contribution in [2.45, 2.75) is 5.02 Å². The summed E-state index contributed by atoms with van der Waals surface area (Å²) in [6, 6.07) is 4.07. The summed E-state index contributed by atoms with van der Waals surface area (Å²) >= 11 is 9.19. The summed E-state index contributed by atoms with van der Waals surface area (Å²) in [6.45, 7) is 0.